The van der Waals surface area contributed by atoms with Crippen LogP contribution in [0.3, 0.4) is 0 Å². The molecule has 20 heavy (non-hydrogen) atoms. The van der Waals surface area contributed by atoms with E-state index >= 15 is 0 Å². The Balaban J connectivity index is 3.25. The molecule has 0 radical (unpaired) electrons. The van der Waals surface area contributed by atoms with Crippen LogP contribution in [-0.4, -0.2) is 42.0 Å². The number of likely N-dealkylation sites (N-methyl/N-ethyl adjacent to an activating group) is 1. The molecule has 8 nitrogen and oxygen atoms in total. The molecule has 1 aromatic heterocycles. The van der Waals surface area contributed by atoms with Crippen LogP contribution in [0.4, 0.5) is 0 Å². The number of amides is 1. The lowest BCUT2D eigenvalue weighted by atomic mass is 10.1. The Kier molecular flexibility index (Phi) is 6.08. The minimum atomic E-state index is -0.398. The van der Waals surface area contributed by atoms with Gasteiger partial charge in [-0.3, -0.25) is 4.79 Å². The smallest absolute Gasteiger partial charge is 0.273 e. The summed E-state index contributed by atoms with van der Waals surface area (Å²) >= 11 is 0. The van der Waals surface area contributed by atoms with Crippen molar-refractivity contribution in [1.82, 2.24) is 15.3 Å². The first-order chi connectivity index (χ1) is 9.65. The van der Waals surface area contributed by atoms with Crippen molar-refractivity contribution < 1.29 is 14.5 Å². The molecule has 0 bridgehead atoms. The molecule has 0 aromatic carbocycles. The molecule has 1 aromatic rings. The Labute approximate surface area is 116 Å². The summed E-state index contributed by atoms with van der Waals surface area (Å²) in [6.07, 6.45) is 2.90. The summed E-state index contributed by atoms with van der Waals surface area (Å²) in [5.74, 6) is -0.398. The first kappa shape index (κ1) is 15.5. The standard InChI is InChI=1S/C12H17N5O3/c1-5-16-20-6-9-10(8(2)14-7-15-9)11(17-19-4)12(18)13-3/h5,7H,6H2,1-4H3,(H,13,18)/b16-5?,17-11+. The van der Waals surface area contributed by atoms with Crippen LogP contribution in [0.25, 0.3) is 0 Å². The van der Waals surface area contributed by atoms with Gasteiger partial charge in [0.05, 0.1) is 17.0 Å². The second-order valence-corrected chi connectivity index (χ2v) is 3.62. The van der Waals surface area contributed by atoms with Gasteiger partial charge in [0.25, 0.3) is 5.91 Å². The summed E-state index contributed by atoms with van der Waals surface area (Å²) in [7, 11) is 2.86. The zero-order chi connectivity index (χ0) is 15.0. The Bertz CT molecular complexity index is 528. The number of nitrogens with one attached hydrogen (secondary N) is 1. The van der Waals surface area contributed by atoms with Crippen LogP contribution >= 0.6 is 0 Å². The highest BCUT2D eigenvalue weighted by molar-refractivity contribution is 6.45. The van der Waals surface area contributed by atoms with Crippen molar-refractivity contribution in [1.29, 1.82) is 0 Å². The first-order valence-electron chi connectivity index (χ1n) is 5.89. The molecule has 8 heteroatoms. The summed E-state index contributed by atoms with van der Waals surface area (Å²) in [5, 5.41) is 9.89. The maximum absolute atomic E-state index is 11.9. The SMILES string of the molecule is CC=NOCc1ncnc(C)c1/C(=N\OC)C(=O)NC. The van der Waals surface area contributed by atoms with Crippen molar-refractivity contribution in [3.63, 3.8) is 0 Å². The minimum absolute atomic E-state index is 0.0900. The Morgan fingerprint density at radius 2 is 2.25 bits per heavy atom. The number of carbonyl (C=O) groups is 1. The van der Waals surface area contributed by atoms with Crippen molar-refractivity contribution in [2.24, 2.45) is 10.3 Å². The molecule has 1 N–H and O–H groups in total. The van der Waals surface area contributed by atoms with Gasteiger partial charge in [-0.1, -0.05) is 10.3 Å². The molecule has 0 saturated heterocycles. The average molecular weight is 279 g/mol. The van der Waals surface area contributed by atoms with Gasteiger partial charge in [0, 0.05) is 13.3 Å². The Morgan fingerprint density at radius 3 is 2.85 bits per heavy atom. The van der Waals surface area contributed by atoms with E-state index in [2.05, 4.69) is 25.6 Å². The van der Waals surface area contributed by atoms with Gasteiger partial charge in [0.15, 0.2) is 12.3 Å². The zero-order valence-electron chi connectivity index (χ0n) is 11.9. The molecule has 0 atom stereocenters. The predicted octanol–water partition coefficient (Wildman–Crippen LogP) is 0.404. The number of hydrogen-bond acceptors (Lipinski definition) is 7. The molecule has 0 unspecified atom stereocenters. The number of nitrogens with zero attached hydrogens (tertiary/aromatic N) is 4. The lowest BCUT2D eigenvalue weighted by Gasteiger charge is -2.11. The number of carbonyl (C=O) groups excluding carboxylic acids is 1. The van der Waals surface area contributed by atoms with E-state index in [1.54, 1.807) is 13.8 Å². The van der Waals surface area contributed by atoms with Crippen molar-refractivity contribution >= 4 is 17.8 Å². The van der Waals surface area contributed by atoms with E-state index in [0.717, 1.165) is 0 Å². The topological polar surface area (TPSA) is 98.1 Å². The normalized spacial score (nSPS) is 11.5. The fourth-order valence-electron chi connectivity index (χ4n) is 1.52. The molecule has 0 fully saturated rings. The summed E-state index contributed by atoms with van der Waals surface area (Å²) in [5.41, 5.74) is 1.66. The van der Waals surface area contributed by atoms with Gasteiger partial charge in [-0.05, 0) is 13.8 Å². The molecule has 0 aliphatic rings. The lowest BCUT2D eigenvalue weighted by molar-refractivity contribution is -0.114. The summed E-state index contributed by atoms with van der Waals surface area (Å²) in [4.78, 5) is 29.8. The van der Waals surface area contributed by atoms with E-state index in [0.29, 0.717) is 17.0 Å². The van der Waals surface area contributed by atoms with Gasteiger partial charge in [0.1, 0.15) is 13.4 Å². The fourth-order valence-corrected chi connectivity index (χ4v) is 1.52. The third kappa shape index (κ3) is 3.74. The van der Waals surface area contributed by atoms with Gasteiger partial charge in [-0.2, -0.15) is 0 Å². The maximum Gasteiger partial charge on any atom is 0.273 e. The van der Waals surface area contributed by atoms with E-state index < -0.39 is 5.91 Å². The monoisotopic (exact) mass is 279 g/mol. The largest absolute Gasteiger partial charge is 0.398 e. The van der Waals surface area contributed by atoms with Crippen molar-refractivity contribution in [2.75, 3.05) is 14.2 Å². The molecular weight excluding hydrogens is 262 g/mol. The molecule has 1 heterocycles. The third-order valence-electron chi connectivity index (χ3n) is 2.36. The predicted molar refractivity (Wildman–Crippen MR) is 73.3 cm³/mol. The second-order valence-electron chi connectivity index (χ2n) is 3.62. The van der Waals surface area contributed by atoms with Crippen LogP contribution in [0, 0.1) is 6.92 Å². The average Bonchev–Trinajstić information content (AvgIpc) is 2.45. The molecular formula is C12H17N5O3. The second kappa shape index (κ2) is 7.82. The van der Waals surface area contributed by atoms with E-state index in [4.69, 9.17) is 9.68 Å². The van der Waals surface area contributed by atoms with E-state index in [-0.39, 0.29) is 12.3 Å². The van der Waals surface area contributed by atoms with Crippen molar-refractivity contribution in [3.05, 3.63) is 23.3 Å². The fraction of sp³-hybridized carbons (Fsp3) is 0.417. The van der Waals surface area contributed by atoms with Crippen LogP contribution in [0.2, 0.25) is 0 Å². The third-order valence-corrected chi connectivity index (χ3v) is 2.36. The molecule has 0 saturated carbocycles. The molecule has 1 rings (SSSR count). The minimum Gasteiger partial charge on any atom is -0.398 e. The maximum atomic E-state index is 11.9. The van der Waals surface area contributed by atoms with Crippen molar-refractivity contribution in [2.45, 2.75) is 20.5 Å². The number of aromatic nitrogens is 2. The zero-order valence-corrected chi connectivity index (χ0v) is 11.9. The Morgan fingerprint density at radius 1 is 1.50 bits per heavy atom. The van der Waals surface area contributed by atoms with Gasteiger partial charge in [0.2, 0.25) is 0 Å². The van der Waals surface area contributed by atoms with Crippen LogP contribution in [0.15, 0.2) is 16.6 Å². The summed E-state index contributed by atoms with van der Waals surface area (Å²) < 4.78 is 0. The molecule has 0 aliphatic heterocycles. The van der Waals surface area contributed by atoms with Gasteiger partial charge >= 0.3 is 0 Å². The van der Waals surface area contributed by atoms with Crippen LogP contribution in [-0.2, 0) is 21.1 Å². The van der Waals surface area contributed by atoms with Crippen LogP contribution in [0.1, 0.15) is 23.9 Å². The van der Waals surface area contributed by atoms with Gasteiger partial charge in [-0.25, -0.2) is 9.97 Å². The lowest BCUT2D eigenvalue weighted by Crippen LogP contribution is -2.30. The van der Waals surface area contributed by atoms with E-state index in [9.17, 15) is 4.79 Å². The van der Waals surface area contributed by atoms with Crippen molar-refractivity contribution in [3.8, 4) is 0 Å². The highest BCUT2D eigenvalue weighted by Crippen LogP contribution is 2.13. The molecule has 0 spiro atoms. The highest BCUT2D eigenvalue weighted by atomic mass is 16.6. The van der Waals surface area contributed by atoms with Gasteiger partial charge in [-0.15, -0.1) is 0 Å². The molecule has 0 aliphatic carbocycles. The van der Waals surface area contributed by atoms with Gasteiger partial charge < -0.3 is 15.0 Å². The number of rotatable bonds is 6. The number of aryl methyl sites for hydroxylation is 1. The number of oxime groups is 2. The van der Waals surface area contributed by atoms with E-state index in [1.165, 1.54) is 26.7 Å². The Hall–Kier alpha value is -2.51. The van der Waals surface area contributed by atoms with Crippen LogP contribution < -0.4 is 5.32 Å². The molecule has 1 amide bonds. The summed E-state index contributed by atoms with van der Waals surface area (Å²) in [6.45, 7) is 3.58. The summed E-state index contributed by atoms with van der Waals surface area (Å²) in [6, 6.07) is 0. The quantitative estimate of drug-likeness (QED) is 0.600. The number of hydrogen-bond donors (Lipinski definition) is 1. The van der Waals surface area contributed by atoms with Crippen LogP contribution in [0.5, 0.6) is 0 Å². The highest BCUT2D eigenvalue weighted by Gasteiger charge is 2.21. The van der Waals surface area contributed by atoms with E-state index in [1.807, 2.05) is 0 Å². The first-order valence-corrected chi connectivity index (χ1v) is 5.89. The molecule has 108 valence electrons.